The second kappa shape index (κ2) is 7.17. The monoisotopic (exact) mass is 245 g/mol. The van der Waals surface area contributed by atoms with Crippen LogP contribution in [0.3, 0.4) is 0 Å². The van der Waals surface area contributed by atoms with E-state index in [1.165, 1.54) is 0 Å². The molecular formula is C15H19NO2. The van der Waals surface area contributed by atoms with E-state index in [1.807, 2.05) is 24.3 Å². The molecule has 1 saturated heterocycles. The van der Waals surface area contributed by atoms with Gasteiger partial charge in [0.1, 0.15) is 0 Å². The average molecular weight is 245 g/mol. The summed E-state index contributed by atoms with van der Waals surface area (Å²) in [4.78, 5) is 0. The zero-order chi connectivity index (χ0) is 12.6. The molecule has 0 radical (unpaired) electrons. The van der Waals surface area contributed by atoms with Crippen LogP contribution in [0.25, 0.3) is 0 Å². The van der Waals surface area contributed by atoms with Gasteiger partial charge in [-0.1, -0.05) is 30.0 Å². The van der Waals surface area contributed by atoms with Crippen molar-refractivity contribution in [1.82, 2.24) is 0 Å². The van der Waals surface area contributed by atoms with Gasteiger partial charge in [0.15, 0.2) is 0 Å². The summed E-state index contributed by atoms with van der Waals surface area (Å²) in [5, 5.41) is 0. The molecule has 1 heterocycles. The predicted octanol–water partition coefficient (Wildman–Crippen LogP) is 1.69. The summed E-state index contributed by atoms with van der Waals surface area (Å²) in [5.74, 6) is 5.94. The summed E-state index contributed by atoms with van der Waals surface area (Å²) in [7, 11) is 0. The normalized spacial score (nSPS) is 18.4. The number of hydrogen-bond acceptors (Lipinski definition) is 3. The number of hydrogen-bond donors (Lipinski definition) is 1. The maximum atomic E-state index is 5.70. The number of rotatable bonds is 4. The summed E-state index contributed by atoms with van der Waals surface area (Å²) in [6, 6.07) is 8.01. The van der Waals surface area contributed by atoms with Crippen LogP contribution in [0.1, 0.15) is 24.0 Å². The SMILES string of the molecule is NCC#Cc1ccccc1COCC1CCCO1. The van der Waals surface area contributed by atoms with E-state index in [4.69, 9.17) is 15.2 Å². The molecule has 1 aliphatic rings. The third-order valence-electron chi connectivity index (χ3n) is 2.93. The molecule has 0 aliphatic carbocycles. The highest BCUT2D eigenvalue weighted by atomic mass is 16.5. The summed E-state index contributed by atoms with van der Waals surface area (Å²) < 4.78 is 11.2. The molecule has 3 heteroatoms. The lowest BCUT2D eigenvalue weighted by Crippen LogP contribution is -2.14. The number of ether oxygens (including phenoxy) is 2. The van der Waals surface area contributed by atoms with Crippen molar-refractivity contribution < 1.29 is 9.47 Å². The quantitative estimate of drug-likeness (QED) is 0.821. The Balaban J connectivity index is 1.87. The largest absolute Gasteiger partial charge is 0.376 e. The van der Waals surface area contributed by atoms with Crippen LogP contribution in [-0.2, 0) is 16.1 Å². The van der Waals surface area contributed by atoms with Gasteiger partial charge >= 0.3 is 0 Å². The van der Waals surface area contributed by atoms with Crippen molar-refractivity contribution in [2.24, 2.45) is 5.73 Å². The van der Waals surface area contributed by atoms with Gasteiger partial charge in [0.05, 0.1) is 25.9 Å². The van der Waals surface area contributed by atoms with E-state index in [2.05, 4.69) is 11.8 Å². The molecular weight excluding hydrogens is 226 g/mol. The van der Waals surface area contributed by atoms with Crippen molar-refractivity contribution in [3.8, 4) is 11.8 Å². The highest BCUT2D eigenvalue weighted by molar-refractivity contribution is 5.41. The van der Waals surface area contributed by atoms with Gasteiger partial charge in [0.25, 0.3) is 0 Å². The Morgan fingerprint density at radius 2 is 2.28 bits per heavy atom. The molecule has 1 aromatic rings. The molecule has 1 atom stereocenters. The molecule has 0 bridgehead atoms. The third-order valence-corrected chi connectivity index (χ3v) is 2.93. The van der Waals surface area contributed by atoms with E-state index in [1.54, 1.807) is 0 Å². The topological polar surface area (TPSA) is 44.5 Å². The highest BCUT2D eigenvalue weighted by Gasteiger charge is 2.15. The minimum atomic E-state index is 0.271. The van der Waals surface area contributed by atoms with Gasteiger partial charge < -0.3 is 15.2 Å². The smallest absolute Gasteiger partial charge is 0.0809 e. The number of benzene rings is 1. The minimum absolute atomic E-state index is 0.271. The van der Waals surface area contributed by atoms with Crippen molar-refractivity contribution in [1.29, 1.82) is 0 Å². The van der Waals surface area contributed by atoms with Gasteiger partial charge in [-0.3, -0.25) is 0 Å². The van der Waals surface area contributed by atoms with Gasteiger partial charge in [0.2, 0.25) is 0 Å². The molecule has 1 fully saturated rings. The summed E-state index contributed by atoms with van der Waals surface area (Å²) >= 11 is 0. The van der Waals surface area contributed by atoms with Crippen molar-refractivity contribution >= 4 is 0 Å². The lowest BCUT2D eigenvalue weighted by molar-refractivity contribution is 0.0105. The lowest BCUT2D eigenvalue weighted by Gasteiger charge is -2.10. The first kappa shape index (κ1) is 13.1. The molecule has 2 N–H and O–H groups in total. The Labute approximate surface area is 108 Å². The van der Waals surface area contributed by atoms with Crippen LogP contribution in [0.5, 0.6) is 0 Å². The second-order valence-corrected chi connectivity index (χ2v) is 4.31. The molecule has 18 heavy (non-hydrogen) atoms. The summed E-state index contributed by atoms with van der Waals surface area (Å²) in [6.45, 7) is 2.49. The Bertz CT molecular complexity index is 428. The van der Waals surface area contributed by atoms with Gasteiger partial charge in [0, 0.05) is 12.2 Å². The molecule has 3 nitrogen and oxygen atoms in total. The second-order valence-electron chi connectivity index (χ2n) is 4.31. The predicted molar refractivity (Wildman–Crippen MR) is 71.0 cm³/mol. The fraction of sp³-hybridized carbons (Fsp3) is 0.467. The molecule has 1 unspecified atom stereocenters. The van der Waals surface area contributed by atoms with Crippen LogP contribution in [0.15, 0.2) is 24.3 Å². The van der Waals surface area contributed by atoms with Gasteiger partial charge in [-0.05, 0) is 24.5 Å². The van der Waals surface area contributed by atoms with Gasteiger partial charge in [-0.15, -0.1) is 0 Å². The van der Waals surface area contributed by atoms with Crippen molar-refractivity contribution in [2.45, 2.75) is 25.6 Å². The van der Waals surface area contributed by atoms with Crippen molar-refractivity contribution in [3.05, 3.63) is 35.4 Å². The molecule has 2 rings (SSSR count). The van der Waals surface area contributed by atoms with Crippen LogP contribution in [0.2, 0.25) is 0 Å². The van der Waals surface area contributed by atoms with Crippen LogP contribution >= 0.6 is 0 Å². The van der Waals surface area contributed by atoms with E-state index < -0.39 is 0 Å². The first-order valence-corrected chi connectivity index (χ1v) is 6.36. The average Bonchev–Trinajstić information content (AvgIpc) is 2.91. The zero-order valence-corrected chi connectivity index (χ0v) is 10.5. The maximum absolute atomic E-state index is 5.70. The fourth-order valence-corrected chi connectivity index (χ4v) is 1.99. The van der Waals surface area contributed by atoms with Crippen molar-refractivity contribution in [3.63, 3.8) is 0 Å². The molecule has 0 amide bonds. The molecule has 96 valence electrons. The van der Waals surface area contributed by atoms with E-state index in [9.17, 15) is 0 Å². The Hall–Kier alpha value is -1.34. The summed E-state index contributed by atoms with van der Waals surface area (Å²) in [6.07, 6.45) is 2.52. The lowest BCUT2D eigenvalue weighted by atomic mass is 10.1. The van der Waals surface area contributed by atoms with Gasteiger partial charge in [-0.25, -0.2) is 0 Å². The highest BCUT2D eigenvalue weighted by Crippen LogP contribution is 2.14. The van der Waals surface area contributed by atoms with E-state index in [0.29, 0.717) is 19.8 Å². The van der Waals surface area contributed by atoms with E-state index >= 15 is 0 Å². The Morgan fingerprint density at radius 3 is 3.06 bits per heavy atom. The molecule has 1 aromatic carbocycles. The van der Waals surface area contributed by atoms with Crippen LogP contribution in [0.4, 0.5) is 0 Å². The first-order valence-electron chi connectivity index (χ1n) is 6.36. The minimum Gasteiger partial charge on any atom is -0.376 e. The van der Waals surface area contributed by atoms with Crippen LogP contribution in [-0.4, -0.2) is 25.9 Å². The van der Waals surface area contributed by atoms with E-state index in [-0.39, 0.29) is 6.10 Å². The molecule has 1 aliphatic heterocycles. The maximum Gasteiger partial charge on any atom is 0.0809 e. The Morgan fingerprint density at radius 1 is 1.39 bits per heavy atom. The Kier molecular flexibility index (Phi) is 5.22. The number of nitrogens with two attached hydrogens (primary N) is 1. The zero-order valence-electron chi connectivity index (χ0n) is 10.5. The third kappa shape index (κ3) is 3.85. The summed E-state index contributed by atoms with van der Waals surface area (Å²) in [5.41, 5.74) is 7.49. The van der Waals surface area contributed by atoms with Crippen LogP contribution < -0.4 is 5.73 Å². The molecule has 0 aromatic heterocycles. The standard InChI is InChI=1S/C15H19NO2/c16-9-3-7-13-5-1-2-6-14(13)11-17-12-15-8-4-10-18-15/h1-2,5-6,15H,4,8-12,16H2. The van der Waals surface area contributed by atoms with Gasteiger partial charge in [-0.2, -0.15) is 0 Å². The van der Waals surface area contributed by atoms with E-state index in [0.717, 1.165) is 30.6 Å². The van der Waals surface area contributed by atoms with Crippen molar-refractivity contribution in [2.75, 3.05) is 19.8 Å². The fourth-order valence-electron chi connectivity index (χ4n) is 1.99. The molecule has 0 spiro atoms. The van der Waals surface area contributed by atoms with Crippen LogP contribution in [0, 0.1) is 11.8 Å². The first-order chi connectivity index (χ1) is 8.90. The molecule has 0 saturated carbocycles.